The van der Waals surface area contributed by atoms with Crippen molar-refractivity contribution in [3.05, 3.63) is 21.4 Å². The molecule has 0 radical (unpaired) electrons. The lowest BCUT2D eigenvalue weighted by Crippen LogP contribution is -2.53. The summed E-state index contributed by atoms with van der Waals surface area (Å²) < 4.78 is 6.40. The number of likely N-dealkylation sites (tertiary alicyclic amines) is 1. The van der Waals surface area contributed by atoms with Crippen LogP contribution in [0.1, 0.15) is 60.8 Å². The number of piperidine rings is 1. The maximum Gasteiger partial charge on any atom is 0.235 e. The summed E-state index contributed by atoms with van der Waals surface area (Å²) in [6.07, 6.45) is 7.56. The normalized spacial score (nSPS) is 29.1. The van der Waals surface area contributed by atoms with Crippen molar-refractivity contribution in [3.8, 4) is 0 Å². The van der Waals surface area contributed by atoms with Gasteiger partial charge in [-0.05, 0) is 62.5 Å². The van der Waals surface area contributed by atoms with E-state index in [0.29, 0.717) is 18.8 Å². The van der Waals surface area contributed by atoms with Gasteiger partial charge in [0.25, 0.3) is 0 Å². The molecule has 2 amide bonds. The fourth-order valence-corrected chi connectivity index (χ4v) is 6.74. The molecule has 0 unspecified atom stereocenters. The van der Waals surface area contributed by atoms with E-state index in [1.807, 2.05) is 11.3 Å². The summed E-state index contributed by atoms with van der Waals surface area (Å²) in [6, 6.07) is 2.62. The Kier molecular flexibility index (Phi) is 5.19. The molecule has 3 N–H and O–H groups in total. The molecule has 1 aromatic heterocycles. The highest BCUT2D eigenvalue weighted by Crippen LogP contribution is 2.47. The minimum absolute atomic E-state index is 0.0581. The smallest absolute Gasteiger partial charge is 0.235 e. The Labute approximate surface area is 182 Å². The van der Waals surface area contributed by atoms with E-state index in [4.69, 9.17) is 10.5 Å². The lowest BCUT2D eigenvalue weighted by molar-refractivity contribution is -0.136. The van der Waals surface area contributed by atoms with Gasteiger partial charge in [-0.1, -0.05) is 6.92 Å². The van der Waals surface area contributed by atoms with Gasteiger partial charge < -0.3 is 20.7 Å². The summed E-state index contributed by atoms with van der Waals surface area (Å²) in [5, 5.41) is 3.06. The van der Waals surface area contributed by atoms with Gasteiger partial charge in [0, 0.05) is 41.9 Å². The third kappa shape index (κ3) is 3.49. The van der Waals surface area contributed by atoms with Crippen molar-refractivity contribution in [2.45, 2.75) is 69.9 Å². The number of primary amides is 1. The van der Waals surface area contributed by atoms with Gasteiger partial charge in [0.05, 0.1) is 12.2 Å². The van der Waals surface area contributed by atoms with Crippen molar-refractivity contribution in [1.29, 1.82) is 0 Å². The van der Waals surface area contributed by atoms with Crippen LogP contribution in [0.2, 0.25) is 0 Å². The van der Waals surface area contributed by atoms with Crippen LogP contribution in [-0.4, -0.2) is 49.0 Å². The van der Waals surface area contributed by atoms with Crippen molar-refractivity contribution in [1.82, 2.24) is 10.2 Å². The Morgan fingerprint density at radius 1 is 1.27 bits per heavy atom. The molecule has 0 aromatic carbocycles. The van der Waals surface area contributed by atoms with Gasteiger partial charge in [-0.3, -0.25) is 9.59 Å². The molecule has 3 fully saturated rings. The third-order valence-corrected chi connectivity index (χ3v) is 9.15. The SMILES string of the molecule is CCc1cc2c(s1)CCOC21CCN(CC2CC(NC(=O)C3(C(N)=O)CC3)C2)CC1. The van der Waals surface area contributed by atoms with Crippen molar-refractivity contribution in [2.75, 3.05) is 26.2 Å². The van der Waals surface area contributed by atoms with E-state index in [1.54, 1.807) is 4.88 Å². The minimum atomic E-state index is -0.898. The fourth-order valence-electron chi connectivity index (χ4n) is 5.56. The molecule has 4 aliphatic rings. The number of hydrogen-bond acceptors (Lipinski definition) is 5. The summed E-state index contributed by atoms with van der Waals surface area (Å²) in [4.78, 5) is 29.4. The van der Waals surface area contributed by atoms with E-state index in [9.17, 15) is 9.59 Å². The second-order valence-corrected chi connectivity index (χ2v) is 11.0. The number of aryl methyl sites for hydroxylation is 1. The molecule has 6 nitrogen and oxygen atoms in total. The first kappa shape index (κ1) is 20.5. The van der Waals surface area contributed by atoms with Crippen LogP contribution in [0, 0.1) is 11.3 Å². The average molecular weight is 432 g/mol. The van der Waals surface area contributed by atoms with Crippen LogP contribution in [0.15, 0.2) is 6.07 Å². The molecule has 5 rings (SSSR count). The van der Waals surface area contributed by atoms with Crippen molar-refractivity contribution in [3.63, 3.8) is 0 Å². The van der Waals surface area contributed by atoms with Crippen molar-refractivity contribution < 1.29 is 14.3 Å². The number of hydrogen-bond donors (Lipinski definition) is 2. The number of thiophene rings is 1. The zero-order valence-electron chi connectivity index (χ0n) is 17.9. The molecule has 2 aliphatic heterocycles. The van der Waals surface area contributed by atoms with E-state index < -0.39 is 11.3 Å². The molecule has 1 aromatic rings. The predicted molar refractivity (Wildman–Crippen MR) is 116 cm³/mol. The largest absolute Gasteiger partial charge is 0.370 e. The second-order valence-electron chi connectivity index (χ2n) is 9.75. The molecule has 7 heteroatoms. The molecule has 2 saturated carbocycles. The summed E-state index contributed by atoms with van der Waals surface area (Å²) in [7, 11) is 0. The van der Waals surface area contributed by atoms with E-state index in [0.717, 1.165) is 64.8 Å². The van der Waals surface area contributed by atoms with Gasteiger partial charge in [-0.15, -0.1) is 11.3 Å². The summed E-state index contributed by atoms with van der Waals surface area (Å²) >= 11 is 1.98. The van der Waals surface area contributed by atoms with E-state index in [1.165, 1.54) is 10.4 Å². The Hall–Kier alpha value is -1.44. The van der Waals surface area contributed by atoms with Crippen LogP contribution in [0.4, 0.5) is 0 Å². The number of fused-ring (bicyclic) bond motifs is 2. The number of rotatable bonds is 6. The molecule has 3 heterocycles. The number of carbonyl (C=O) groups is 2. The van der Waals surface area contributed by atoms with Crippen LogP contribution in [0.25, 0.3) is 0 Å². The highest BCUT2D eigenvalue weighted by molar-refractivity contribution is 7.12. The Balaban J connectivity index is 1.10. The number of nitrogens with two attached hydrogens (primary N) is 1. The molecule has 1 saturated heterocycles. The summed E-state index contributed by atoms with van der Waals surface area (Å²) in [6.45, 7) is 6.35. The quantitative estimate of drug-likeness (QED) is 0.677. The van der Waals surface area contributed by atoms with Gasteiger partial charge in [-0.2, -0.15) is 0 Å². The Bertz CT molecular complexity index is 833. The molecular formula is C23H33N3O3S. The lowest BCUT2D eigenvalue weighted by Gasteiger charge is -2.46. The molecule has 164 valence electrons. The molecular weight excluding hydrogens is 398 g/mol. The second kappa shape index (κ2) is 7.61. The monoisotopic (exact) mass is 431 g/mol. The van der Waals surface area contributed by atoms with Crippen molar-refractivity contribution in [2.24, 2.45) is 17.1 Å². The summed E-state index contributed by atoms with van der Waals surface area (Å²) in [5.74, 6) is 0.0115. The van der Waals surface area contributed by atoms with Gasteiger partial charge in [0.2, 0.25) is 11.8 Å². The average Bonchev–Trinajstić information content (AvgIpc) is 3.42. The Morgan fingerprint density at radius 3 is 2.63 bits per heavy atom. The van der Waals surface area contributed by atoms with Gasteiger partial charge in [0.1, 0.15) is 5.41 Å². The van der Waals surface area contributed by atoms with E-state index >= 15 is 0 Å². The first-order valence-corrected chi connectivity index (χ1v) is 12.3. The predicted octanol–water partition coefficient (Wildman–Crippen LogP) is 2.33. The molecule has 2 aliphatic carbocycles. The van der Waals surface area contributed by atoms with Crippen LogP contribution in [0.5, 0.6) is 0 Å². The number of nitrogens with zero attached hydrogens (tertiary/aromatic N) is 1. The molecule has 0 atom stereocenters. The molecule has 0 bridgehead atoms. The maximum atomic E-state index is 12.3. The number of amides is 2. The zero-order valence-corrected chi connectivity index (χ0v) is 18.7. The van der Waals surface area contributed by atoms with Crippen molar-refractivity contribution >= 4 is 23.2 Å². The first-order valence-electron chi connectivity index (χ1n) is 11.5. The third-order valence-electron chi connectivity index (χ3n) is 7.81. The Morgan fingerprint density at radius 2 is 2.00 bits per heavy atom. The minimum Gasteiger partial charge on any atom is -0.370 e. The standard InChI is InChI=1S/C23H33N3O3S/c1-2-17-13-18-19(30-17)3-10-29-23(18)6-8-26(9-7-23)14-15-11-16(12-15)25-21(28)22(4-5-22)20(24)27/h13,15-16H,2-12,14H2,1H3,(H2,24,27)(H,25,28). The van der Waals surface area contributed by atoms with E-state index in [-0.39, 0.29) is 17.6 Å². The first-order chi connectivity index (χ1) is 14.4. The van der Waals surface area contributed by atoms with Crippen LogP contribution in [-0.2, 0) is 32.8 Å². The van der Waals surface area contributed by atoms with Gasteiger partial charge >= 0.3 is 0 Å². The van der Waals surface area contributed by atoms with Crippen LogP contribution in [0.3, 0.4) is 0 Å². The fraction of sp³-hybridized carbons (Fsp3) is 0.739. The maximum absolute atomic E-state index is 12.3. The van der Waals surface area contributed by atoms with Crippen LogP contribution >= 0.6 is 11.3 Å². The number of ether oxygens (including phenoxy) is 1. The van der Waals surface area contributed by atoms with Gasteiger partial charge in [0.15, 0.2) is 0 Å². The van der Waals surface area contributed by atoms with E-state index in [2.05, 4.69) is 23.2 Å². The van der Waals surface area contributed by atoms with Gasteiger partial charge in [-0.25, -0.2) is 0 Å². The summed E-state index contributed by atoms with van der Waals surface area (Å²) in [5.41, 5.74) is 5.92. The van der Waals surface area contributed by atoms with Crippen LogP contribution < -0.4 is 11.1 Å². The molecule has 30 heavy (non-hydrogen) atoms. The lowest BCUT2D eigenvalue weighted by atomic mass is 9.78. The number of carbonyl (C=O) groups excluding carboxylic acids is 2. The highest BCUT2D eigenvalue weighted by Gasteiger charge is 2.56. The topological polar surface area (TPSA) is 84.7 Å². The highest BCUT2D eigenvalue weighted by atomic mass is 32.1. The molecule has 1 spiro atoms. The zero-order chi connectivity index (χ0) is 20.9. The number of nitrogens with one attached hydrogen (secondary N) is 1.